The van der Waals surface area contributed by atoms with Crippen LogP contribution in [0.15, 0.2) is 0 Å². The molecule has 1 atom stereocenters. The molecule has 80 valence electrons. The minimum atomic E-state index is 0.720. The van der Waals surface area contributed by atoms with Gasteiger partial charge in [-0.15, -0.1) is 12.3 Å². The van der Waals surface area contributed by atoms with E-state index in [1.807, 2.05) is 0 Å². The number of nitrogens with one attached hydrogen (secondary N) is 1. The Labute approximate surface area is 88.1 Å². The van der Waals surface area contributed by atoms with Crippen molar-refractivity contribution in [3.8, 4) is 12.3 Å². The number of likely N-dealkylation sites (tertiary alicyclic amines) is 1. The van der Waals surface area contributed by atoms with Gasteiger partial charge in [0.15, 0.2) is 0 Å². The van der Waals surface area contributed by atoms with Gasteiger partial charge in [0.1, 0.15) is 0 Å². The summed E-state index contributed by atoms with van der Waals surface area (Å²) >= 11 is 0. The van der Waals surface area contributed by atoms with Crippen LogP contribution in [0.4, 0.5) is 0 Å². The molecule has 1 rings (SSSR count). The number of rotatable bonds is 4. The first-order valence-corrected chi connectivity index (χ1v) is 5.68. The van der Waals surface area contributed by atoms with Gasteiger partial charge in [-0.2, -0.15) is 0 Å². The summed E-state index contributed by atoms with van der Waals surface area (Å²) < 4.78 is 0. The first-order chi connectivity index (χ1) is 6.83. The third-order valence-electron chi connectivity index (χ3n) is 2.88. The van der Waals surface area contributed by atoms with Gasteiger partial charge in [-0.05, 0) is 52.4 Å². The van der Waals surface area contributed by atoms with E-state index >= 15 is 0 Å². The van der Waals surface area contributed by atoms with Crippen LogP contribution in [0.1, 0.15) is 32.1 Å². The van der Waals surface area contributed by atoms with Gasteiger partial charge >= 0.3 is 0 Å². The average molecular weight is 194 g/mol. The first kappa shape index (κ1) is 11.6. The van der Waals surface area contributed by atoms with Crippen LogP contribution in [0.3, 0.4) is 0 Å². The van der Waals surface area contributed by atoms with Crippen molar-refractivity contribution in [1.29, 1.82) is 0 Å². The molecule has 1 heterocycles. The van der Waals surface area contributed by atoms with Crippen molar-refractivity contribution >= 4 is 0 Å². The third kappa shape index (κ3) is 4.64. The maximum absolute atomic E-state index is 5.21. The van der Waals surface area contributed by atoms with Gasteiger partial charge in [-0.25, -0.2) is 0 Å². The molecule has 1 fully saturated rings. The van der Waals surface area contributed by atoms with Crippen molar-refractivity contribution < 1.29 is 0 Å². The Hall–Kier alpha value is -0.520. The van der Waals surface area contributed by atoms with Crippen LogP contribution in [-0.4, -0.2) is 37.6 Å². The van der Waals surface area contributed by atoms with E-state index in [4.69, 9.17) is 6.42 Å². The number of unbranched alkanes of at least 4 members (excludes halogenated alkanes) is 1. The van der Waals surface area contributed by atoms with Gasteiger partial charge in [0, 0.05) is 12.5 Å². The standard InChI is InChI=1S/C12H22N2/c1-3-4-5-9-13-12-7-6-10-14(2)11-8-12/h1,12-13H,4-11H2,2H3. The molecular weight excluding hydrogens is 172 g/mol. The predicted molar refractivity (Wildman–Crippen MR) is 61.2 cm³/mol. The Bertz CT molecular complexity index is 183. The molecule has 14 heavy (non-hydrogen) atoms. The molecule has 2 nitrogen and oxygen atoms in total. The lowest BCUT2D eigenvalue weighted by atomic mass is 10.1. The van der Waals surface area contributed by atoms with Crippen molar-refractivity contribution in [3.63, 3.8) is 0 Å². The Morgan fingerprint density at radius 2 is 2.29 bits per heavy atom. The SMILES string of the molecule is C#CCCCNC1CCCN(C)CC1. The monoisotopic (exact) mass is 194 g/mol. The van der Waals surface area contributed by atoms with Crippen molar-refractivity contribution in [2.45, 2.75) is 38.1 Å². The van der Waals surface area contributed by atoms with Crippen LogP contribution >= 0.6 is 0 Å². The lowest BCUT2D eigenvalue weighted by molar-refractivity contribution is 0.343. The van der Waals surface area contributed by atoms with Crippen molar-refractivity contribution in [2.24, 2.45) is 0 Å². The fourth-order valence-corrected chi connectivity index (χ4v) is 1.94. The van der Waals surface area contributed by atoms with Crippen LogP contribution < -0.4 is 5.32 Å². The van der Waals surface area contributed by atoms with Crippen molar-refractivity contribution in [1.82, 2.24) is 10.2 Å². The predicted octanol–water partition coefficient (Wildman–Crippen LogP) is 1.47. The topological polar surface area (TPSA) is 15.3 Å². The molecule has 0 aromatic heterocycles. The number of hydrogen-bond donors (Lipinski definition) is 1. The van der Waals surface area contributed by atoms with Gasteiger partial charge in [0.25, 0.3) is 0 Å². The summed E-state index contributed by atoms with van der Waals surface area (Å²) in [7, 11) is 2.21. The van der Waals surface area contributed by atoms with Gasteiger partial charge in [0.2, 0.25) is 0 Å². The van der Waals surface area contributed by atoms with E-state index < -0.39 is 0 Å². The third-order valence-corrected chi connectivity index (χ3v) is 2.88. The number of hydrogen-bond acceptors (Lipinski definition) is 2. The Balaban J connectivity index is 2.08. The van der Waals surface area contributed by atoms with Gasteiger partial charge in [-0.3, -0.25) is 0 Å². The molecule has 2 heteroatoms. The fourth-order valence-electron chi connectivity index (χ4n) is 1.94. The Kier molecular flexibility index (Phi) is 5.66. The van der Waals surface area contributed by atoms with Crippen LogP contribution in [0.5, 0.6) is 0 Å². The molecule has 1 unspecified atom stereocenters. The summed E-state index contributed by atoms with van der Waals surface area (Å²) in [6.07, 6.45) is 11.1. The molecule has 0 aromatic rings. The zero-order valence-corrected chi connectivity index (χ0v) is 9.26. The summed E-state index contributed by atoms with van der Waals surface area (Å²) in [6, 6.07) is 0.720. The molecule has 1 saturated heterocycles. The highest BCUT2D eigenvalue weighted by molar-refractivity contribution is 4.83. The van der Waals surface area contributed by atoms with Gasteiger partial charge in [0.05, 0.1) is 0 Å². The van der Waals surface area contributed by atoms with E-state index in [1.165, 1.54) is 32.4 Å². The summed E-state index contributed by atoms with van der Waals surface area (Å²) in [4.78, 5) is 2.42. The lowest BCUT2D eigenvalue weighted by Crippen LogP contribution is -2.30. The second-order valence-electron chi connectivity index (χ2n) is 4.19. The van der Waals surface area contributed by atoms with Crippen molar-refractivity contribution in [3.05, 3.63) is 0 Å². The Morgan fingerprint density at radius 3 is 3.07 bits per heavy atom. The molecule has 0 radical (unpaired) electrons. The molecule has 1 aliphatic rings. The maximum atomic E-state index is 5.21. The average Bonchev–Trinajstić information content (AvgIpc) is 2.38. The van der Waals surface area contributed by atoms with E-state index in [0.29, 0.717) is 0 Å². The highest BCUT2D eigenvalue weighted by Gasteiger charge is 2.13. The summed E-state index contributed by atoms with van der Waals surface area (Å²) in [6.45, 7) is 3.56. The molecule has 0 saturated carbocycles. The summed E-state index contributed by atoms with van der Waals surface area (Å²) in [5.41, 5.74) is 0. The summed E-state index contributed by atoms with van der Waals surface area (Å²) in [5, 5.41) is 3.59. The Morgan fingerprint density at radius 1 is 1.43 bits per heavy atom. The molecule has 0 bridgehead atoms. The highest BCUT2D eigenvalue weighted by Crippen LogP contribution is 2.09. The zero-order valence-electron chi connectivity index (χ0n) is 9.26. The summed E-state index contributed by atoms with van der Waals surface area (Å²) in [5.74, 6) is 2.68. The van der Waals surface area contributed by atoms with E-state index in [0.717, 1.165) is 25.4 Å². The zero-order chi connectivity index (χ0) is 10.2. The van der Waals surface area contributed by atoms with Gasteiger partial charge in [-0.1, -0.05) is 0 Å². The largest absolute Gasteiger partial charge is 0.314 e. The first-order valence-electron chi connectivity index (χ1n) is 5.68. The molecule has 0 amide bonds. The minimum Gasteiger partial charge on any atom is -0.314 e. The van der Waals surface area contributed by atoms with E-state index in [1.54, 1.807) is 0 Å². The second kappa shape index (κ2) is 6.86. The molecular formula is C12H22N2. The fraction of sp³-hybridized carbons (Fsp3) is 0.833. The van der Waals surface area contributed by atoms with Crippen LogP contribution in [-0.2, 0) is 0 Å². The van der Waals surface area contributed by atoms with Crippen LogP contribution in [0, 0.1) is 12.3 Å². The van der Waals surface area contributed by atoms with E-state index in [9.17, 15) is 0 Å². The smallest absolute Gasteiger partial charge is 0.00981 e. The van der Waals surface area contributed by atoms with Crippen LogP contribution in [0.2, 0.25) is 0 Å². The van der Waals surface area contributed by atoms with Gasteiger partial charge < -0.3 is 10.2 Å². The molecule has 1 aliphatic heterocycles. The second-order valence-corrected chi connectivity index (χ2v) is 4.19. The molecule has 0 spiro atoms. The quantitative estimate of drug-likeness (QED) is 0.538. The van der Waals surface area contributed by atoms with Crippen LogP contribution in [0.25, 0.3) is 0 Å². The van der Waals surface area contributed by atoms with E-state index in [-0.39, 0.29) is 0 Å². The molecule has 1 N–H and O–H groups in total. The minimum absolute atomic E-state index is 0.720. The maximum Gasteiger partial charge on any atom is 0.00981 e. The highest BCUT2D eigenvalue weighted by atomic mass is 15.1. The lowest BCUT2D eigenvalue weighted by Gasteiger charge is -2.16. The molecule has 0 aromatic carbocycles. The molecule has 0 aliphatic carbocycles. The van der Waals surface area contributed by atoms with E-state index in [2.05, 4.69) is 23.2 Å². The number of nitrogens with zero attached hydrogens (tertiary/aromatic N) is 1. The van der Waals surface area contributed by atoms with Crippen molar-refractivity contribution in [2.75, 3.05) is 26.7 Å². The normalized spacial score (nSPS) is 24.1. The number of terminal acetylenes is 1.